The summed E-state index contributed by atoms with van der Waals surface area (Å²) in [4.78, 5) is 0. The first kappa shape index (κ1) is 12.9. The molecule has 1 N–H and O–H groups in total. The van der Waals surface area contributed by atoms with Crippen LogP contribution in [0.3, 0.4) is 0 Å². The van der Waals surface area contributed by atoms with E-state index in [1.807, 2.05) is 6.07 Å². The number of ether oxygens (including phenoxy) is 1. The zero-order chi connectivity index (χ0) is 11.0. The largest absolute Gasteiger partial charge is 0.497 e. The van der Waals surface area contributed by atoms with Crippen molar-refractivity contribution in [1.29, 1.82) is 0 Å². The van der Waals surface area contributed by atoms with Crippen molar-refractivity contribution in [2.24, 2.45) is 0 Å². The fourth-order valence-corrected chi connectivity index (χ4v) is 3.40. The van der Waals surface area contributed by atoms with Gasteiger partial charge in [0, 0.05) is 6.04 Å². The van der Waals surface area contributed by atoms with Gasteiger partial charge in [0.2, 0.25) is 0 Å². The van der Waals surface area contributed by atoms with Crippen LogP contribution in [-0.2, 0) is 5.41 Å². The van der Waals surface area contributed by atoms with E-state index in [0.717, 1.165) is 11.8 Å². The van der Waals surface area contributed by atoms with Crippen LogP contribution in [0.5, 0.6) is 5.75 Å². The number of methoxy groups -OCH3 is 1. The van der Waals surface area contributed by atoms with Crippen molar-refractivity contribution in [2.45, 2.75) is 37.1 Å². The third-order valence-electron chi connectivity index (χ3n) is 4.33. The minimum atomic E-state index is 0. The van der Waals surface area contributed by atoms with Gasteiger partial charge >= 0.3 is 0 Å². The second-order valence-electron chi connectivity index (χ2n) is 5.16. The lowest BCUT2D eigenvalue weighted by Crippen LogP contribution is -2.39. The quantitative estimate of drug-likeness (QED) is 0.906. The lowest BCUT2D eigenvalue weighted by molar-refractivity contribution is 0.329. The highest BCUT2D eigenvalue weighted by Crippen LogP contribution is 2.46. The molecule has 94 valence electrons. The van der Waals surface area contributed by atoms with E-state index >= 15 is 0 Å². The van der Waals surface area contributed by atoms with Gasteiger partial charge in [-0.15, -0.1) is 17.0 Å². The predicted molar refractivity (Wildman–Crippen MR) is 75.3 cm³/mol. The van der Waals surface area contributed by atoms with Crippen LogP contribution in [0.15, 0.2) is 24.3 Å². The average Bonchev–Trinajstić information content (AvgIpc) is 2.66. The first-order valence-corrected chi connectivity index (χ1v) is 6.20. The van der Waals surface area contributed by atoms with Gasteiger partial charge < -0.3 is 10.1 Å². The van der Waals surface area contributed by atoms with Gasteiger partial charge in [-0.3, -0.25) is 0 Å². The van der Waals surface area contributed by atoms with Crippen LogP contribution in [0.25, 0.3) is 0 Å². The van der Waals surface area contributed by atoms with E-state index < -0.39 is 0 Å². The molecule has 1 aliphatic heterocycles. The van der Waals surface area contributed by atoms with Crippen molar-refractivity contribution in [3.05, 3.63) is 29.8 Å². The van der Waals surface area contributed by atoms with Gasteiger partial charge in [0.1, 0.15) is 5.75 Å². The number of piperidine rings is 1. The molecular weight excluding hydrogens is 278 g/mol. The Balaban J connectivity index is 0.00000108. The van der Waals surface area contributed by atoms with Gasteiger partial charge in [0.25, 0.3) is 0 Å². The third-order valence-corrected chi connectivity index (χ3v) is 4.33. The van der Waals surface area contributed by atoms with Crippen LogP contribution in [0.2, 0.25) is 0 Å². The second-order valence-corrected chi connectivity index (χ2v) is 5.16. The Kier molecular flexibility index (Phi) is 3.79. The van der Waals surface area contributed by atoms with Crippen molar-refractivity contribution < 1.29 is 4.74 Å². The lowest BCUT2D eigenvalue weighted by atomic mass is 9.74. The molecule has 0 amide bonds. The van der Waals surface area contributed by atoms with Crippen LogP contribution in [-0.4, -0.2) is 19.7 Å². The minimum absolute atomic E-state index is 0. The zero-order valence-corrected chi connectivity index (χ0v) is 12.0. The predicted octanol–water partition coefficient (Wildman–Crippen LogP) is 3.06. The minimum Gasteiger partial charge on any atom is -0.497 e. The molecule has 2 unspecified atom stereocenters. The smallest absolute Gasteiger partial charge is 0.119 e. The normalized spacial score (nSPS) is 30.8. The number of rotatable bonds is 2. The molecule has 2 nitrogen and oxygen atoms in total. The molecule has 0 aromatic heterocycles. The van der Waals surface area contributed by atoms with E-state index in [1.54, 1.807) is 7.11 Å². The van der Waals surface area contributed by atoms with Gasteiger partial charge in [-0.05, 0) is 55.3 Å². The van der Waals surface area contributed by atoms with Crippen LogP contribution < -0.4 is 10.1 Å². The fraction of sp³-hybridized carbons (Fsp3) is 0.571. The van der Waals surface area contributed by atoms with Crippen LogP contribution in [0, 0.1) is 0 Å². The summed E-state index contributed by atoms with van der Waals surface area (Å²) in [5.41, 5.74) is 1.92. The van der Waals surface area contributed by atoms with Crippen LogP contribution in [0.1, 0.15) is 31.2 Å². The van der Waals surface area contributed by atoms with E-state index in [4.69, 9.17) is 4.74 Å². The molecule has 1 saturated carbocycles. The Morgan fingerprint density at radius 2 is 2.24 bits per heavy atom. The summed E-state index contributed by atoms with van der Waals surface area (Å²) >= 11 is 0. The summed E-state index contributed by atoms with van der Waals surface area (Å²) in [6.07, 6.45) is 5.24. The molecule has 3 rings (SSSR count). The van der Waals surface area contributed by atoms with Crippen molar-refractivity contribution in [3.63, 3.8) is 0 Å². The van der Waals surface area contributed by atoms with E-state index in [1.165, 1.54) is 37.8 Å². The monoisotopic (exact) mass is 297 g/mol. The number of fused-ring (bicyclic) bond motifs is 2. The maximum atomic E-state index is 5.33. The van der Waals surface area contributed by atoms with Gasteiger partial charge in [-0.25, -0.2) is 0 Å². The number of hydrogen-bond donors (Lipinski definition) is 1. The molecule has 1 saturated heterocycles. The van der Waals surface area contributed by atoms with E-state index in [9.17, 15) is 0 Å². The molecule has 2 bridgehead atoms. The number of hydrogen-bond acceptors (Lipinski definition) is 2. The molecule has 1 aliphatic carbocycles. The van der Waals surface area contributed by atoms with Crippen molar-refractivity contribution in [2.75, 3.05) is 13.7 Å². The Morgan fingerprint density at radius 3 is 3.06 bits per heavy atom. The summed E-state index contributed by atoms with van der Waals surface area (Å²) in [6.45, 7) is 1.17. The maximum absolute atomic E-state index is 5.33. The molecule has 2 aliphatic rings. The third kappa shape index (κ3) is 2.23. The number of nitrogens with one attached hydrogen (secondary N) is 1. The van der Waals surface area contributed by atoms with Crippen molar-refractivity contribution in [3.8, 4) is 5.75 Å². The van der Waals surface area contributed by atoms with E-state index in [2.05, 4.69) is 23.5 Å². The zero-order valence-electron chi connectivity index (χ0n) is 10.2. The summed E-state index contributed by atoms with van der Waals surface area (Å²) in [5.74, 6) is 0.994. The first-order chi connectivity index (χ1) is 7.82. The molecule has 2 fully saturated rings. The average molecular weight is 298 g/mol. The molecule has 0 spiro atoms. The molecule has 17 heavy (non-hydrogen) atoms. The molecule has 1 heterocycles. The van der Waals surface area contributed by atoms with Crippen molar-refractivity contribution >= 4 is 17.0 Å². The molecular formula is C14H20BrNO. The molecule has 1 aromatic rings. The van der Waals surface area contributed by atoms with Gasteiger partial charge in [0.05, 0.1) is 7.11 Å². The van der Waals surface area contributed by atoms with Gasteiger partial charge in [0.15, 0.2) is 0 Å². The highest BCUT2D eigenvalue weighted by Gasteiger charge is 2.42. The topological polar surface area (TPSA) is 21.3 Å². The summed E-state index contributed by atoms with van der Waals surface area (Å²) in [5, 5.41) is 3.60. The van der Waals surface area contributed by atoms with Crippen molar-refractivity contribution in [1.82, 2.24) is 5.32 Å². The Bertz CT molecular complexity index is 392. The lowest BCUT2D eigenvalue weighted by Gasteiger charge is -2.34. The number of halogens is 1. The summed E-state index contributed by atoms with van der Waals surface area (Å²) in [6, 6.07) is 9.41. The molecule has 3 heteroatoms. The van der Waals surface area contributed by atoms with Crippen LogP contribution in [0.4, 0.5) is 0 Å². The fourth-order valence-electron chi connectivity index (χ4n) is 3.40. The number of benzene rings is 1. The van der Waals surface area contributed by atoms with Crippen LogP contribution >= 0.6 is 17.0 Å². The molecule has 2 atom stereocenters. The van der Waals surface area contributed by atoms with E-state index in [-0.39, 0.29) is 17.0 Å². The van der Waals surface area contributed by atoms with Gasteiger partial charge in [-0.1, -0.05) is 12.1 Å². The molecule has 1 aromatic carbocycles. The first-order valence-electron chi connectivity index (χ1n) is 6.20. The Hall–Kier alpha value is -0.540. The van der Waals surface area contributed by atoms with Gasteiger partial charge in [-0.2, -0.15) is 0 Å². The Morgan fingerprint density at radius 1 is 1.35 bits per heavy atom. The maximum Gasteiger partial charge on any atom is 0.119 e. The highest BCUT2D eigenvalue weighted by atomic mass is 79.9. The standard InChI is InChI=1S/C14H19NO.BrH/c1-16-13-4-2-3-11(9-13)14-6-5-12(10-14)15-8-7-14;/h2-4,9,12,15H,5-8,10H2,1H3;1H. The summed E-state index contributed by atoms with van der Waals surface area (Å²) < 4.78 is 5.33. The highest BCUT2D eigenvalue weighted by molar-refractivity contribution is 8.93. The van der Waals surface area contributed by atoms with E-state index in [0.29, 0.717) is 5.41 Å². The second kappa shape index (κ2) is 4.99. The SMILES string of the molecule is Br.COc1cccc(C23CCNC(CC2)C3)c1. The Labute approximate surface area is 114 Å². The summed E-state index contributed by atoms with van der Waals surface area (Å²) in [7, 11) is 1.75. The molecule has 0 radical (unpaired) electrons.